The summed E-state index contributed by atoms with van der Waals surface area (Å²) in [5.74, 6) is -3.44. The number of benzene rings is 2. The van der Waals surface area contributed by atoms with Crippen LogP contribution in [0.3, 0.4) is 0 Å². The van der Waals surface area contributed by atoms with Gasteiger partial charge in [-0.15, -0.1) is 0 Å². The number of nitrogens with zero attached hydrogens (tertiary/aromatic N) is 1. The molecule has 0 spiro atoms. The van der Waals surface area contributed by atoms with E-state index in [2.05, 4.69) is 0 Å². The molecular formula is C19H13F4NO3. The molecule has 27 heavy (non-hydrogen) atoms. The van der Waals surface area contributed by atoms with Crippen molar-refractivity contribution in [1.82, 2.24) is 0 Å². The van der Waals surface area contributed by atoms with Crippen molar-refractivity contribution in [2.45, 2.75) is 19.1 Å². The highest BCUT2D eigenvalue weighted by Gasteiger charge is 2.44. The highest BCUT2D eigenvalue weighted by atomic mass is 19.4. The third kappa shape index (κ3) is 3.18. The van der Waals surface area contributed by atoms with Gasteiger partial charge < -0.3 is 5.11 Å². The summed E-state index contributed by atoms with van der Waals surface area (Å²) in [7, 11) is 0. The monoisotopic (exact) mass is 379 g/mol. The second-order valence-electron chi connectivity index (χ2n) is 5.97. The Balaban J connectivity index is 2.21. The standard InChI is InChI=1S/C19H13F4NO3/c1-10(25)15-16(13-7-2-3-8-14(13)20)24(18(27)17(15)26)12-6-4-5-11(9-12)19(21,22)23/h2-9,16,26H,1H3. The minimum atomic E-state index is -4.66. The molecule has 2 aromatic carbocycles. The maximum absolute atomic E-state index is 14.4. The predicted molar refractivity (Wildman–Crippen MR) is 88.4 cm³/mol. The van der Waals surface area contributed by atoms with Gasteiger partial charge in [0, 0.05) is 11.3 Å². The van der Waals surface area contributed by atoms with E-state index in [-0.39, 0.29) is 16.8 Å². The largest absolute Gasteiger partial charge is 0.503 e. The van der Waals surface area contributed by atoms with E-state index >= 15 is 0 Å². The molecule has 0 radical (unpaired) electrons. The van der Waals surface area contributed by atoms with Crippen LogP contribution in [-0.4, -0.2) is 16.8 Å². The molecule has 0 saturated carbocycles. The molecule has 1 heterocycles. The number of aliphatic hydroxyl groups excluding tert-OH is 1. The number of amides is 1. The van der Waals surface area contributed by atoms with Crippen LogP contribution in [0.25, 0.3) is 0 Å². The molecule has 1 atom stereocenters. The summed E-state index contributed by atoms with van der Waals surface area (Å²) in [6.07, 6.45) is -4.66. The maximum atomic E-state index is 14.4. The molecule has 1 unspecified atom stereocenters. The zero-order chi connectivity index (χ0) is 19.9. The minimum absolute atomic E-state index is 0.113. The van der Waals surface area contributed by atoms with Crippen molar-refractivity contribution in [1.29, 1.82) is 0 Å². The summed E-state index contributed by atoms with van der Waals surface area (Å²) in [5, 5.41) is 10.1. The normalized spacial score (nSPS) is 17.6. The number of rotatable bonds is 3. The lowest BCUT2D eigenvalue weighted by Crippen LogP contribution is -2.31. The molecule has 3 rings (SSSR count). The van der Waals surface area contributed by atoms with E-state index in [1.54, 1.807) is 0 Å². The highest BCUT2D eigenvalue weighted by molar-refractivity contribution is 6.16. The molecule has 1 N–H and O–H groups in total. The third-order valence-electron chi connectivity index (χ3n) is 4.24. The van der Waals surface area contributed by atoms with E-state index < -0.39 is 41.0 Å². The molecule has 4 nitrogen and oxygen atoms in total. The molecule has 0 saturated heterocycles. The quantitative estimate of drug-likeness (QED) is 0.808. The first-order valence-electron chi connectivity index (χ1n) is 7.82. The fraction of sp³-hybridized carbons (Fsp3) is 0.158. The van der Waals surface area contributed by atoms with Crippen molar-refractivity contribution in [2.24, 2.45) is 0 Å². The van der Waals surface area contributed by atoms with Gasteiger partial charge in [-0.3, -0.25) is 14.5 Å². The zero-order valence-corrected chi connectivity index (χ0v) is 13.9. The first kappa shape index (κ1) is 18.6. The first-order chi connectivity index (χ1) is 12.6. The Kier molecular flexibility index (Phi) is 4.51. The Hall–Kier alpha value is -3.16. The van der Waals surface area contributed by atoms with Crippen LogP contribution in [0.1, 0.15) is 24.1 Å². The minimum Gasteiger partial charge on any atom is -0.503 e. The van der Waals surface area contributed by atoms with Gasteiger partial charge in [0.2, 0.25) is 0 Å². The number of carbonyl (C=O) groups excluding carboxylic acids is 2. The van der Waals surface area contributed by atoms with Crippen molar-refractivity contribution in [2.75, 3.05) is 4.90 Å². The number of carbonyl (C=O) groups is 2. The number of aliphatic hydroxyl groups is 1. The smallest absolute Gasteiger partial charge is 0.416 e. The molecule has 8 heteroatoms. The van der Waals surface area contributed by atoms with Gasteiger partial charge in [0.25, 0.3) is 5.91 Å². The van der Waals surface area contributed by atoms with Gasteiger partial charge in [-0.25, -0.2) is 4.39 Å². The van der Waals surface area contributed by atoms with Gasteiger partial charge in [-0.05, 0) is 31.2 Å². The summed E-state index contributed by atoms with van der Waals surface area (Å²) in [6.45, 7) is 1.09. The molecule has 1 amide bonds. The lowest BCUT2D eigenvalue weighted by molar-refractivity contribution is -0.137. The number of Topliss-reactive ketones (excluding diaryl/α,β-unsaturated/α-hetero) is 1. The second-order valence-corrected chi connectivity index (χ2v) is 5.97. The van der Waals surface area contributed by atoms with E-state index in [0.29, 0.717) is 6.07 Å². The van der Waals surface area contributed by atoms with E-state index in [9.17, 15) is 32.3 Å². The Morgan fingerprint density at radius 1 is 1.11 bits per heavy atom. The Bertz CT molecular complexity index is 965. The molecule has 0 bridgehead atoms. The van der Waals surface area contributed by atoms with Gasteiger partial charge >= 0.3 is 6.18 Å². The van der Waals surface area contributed by atoms with Crippen LogP contribution >= 0.6 is 0 Å². The summed E-state index contributed by atoms with van der Waals surface area (Å²) in [6, 6.07) is 7.71. The number of alkyl halides is 3. The van der Waals surface area contributed by atoms with Crippen LogP contribution in [-0.2, 0) is 15.8 Å². The molecule has 140 valence electrons. The Morgan fingerprint density at radius 3 is 2.37 bits per heavy atom. The van der Waals surface area contributed by atoms with Gasteiger partial charge in [0.15, 0.2) is 11.5 Å². The van der Waals surface area contributed by atoms with Crippen LogP contribution in [0.4, 0.5) is 23.2 Å². The van der Waals surface area contributed by atoms with Gasteiger partial charge in [0.05, 0.1) is 17.2 Å². The SMILES string of the molecule is CC(=O)C1=C(O)C(=O)N(c2cccc(C(F)(F)F)c2)C1c1ccccc1F. The van der Waals surface area contributed by atoms with Crippen molar-refractivity contribution in [3.8, 4) is 0 Å². The molecule has 1 aliphatic heterocycles. The van der Waals surface area contributed by atoms with Gasteiger partial charge in [-0.2, -0.15) is 13.2 Å². The van der Waals surface area contributed by atoms with Crippen molar-refractivity contribution in [3.63, 3.8) is 0 Å². The van der Waals surface area contributed by atoms with Crippen LogP contribution < -0.4 is 4.90 Å². The maximum Gasteiger partial charge on any atom is 0.416 e. The molecule has 2 aromatic rings. The fourth-order valence-corrected chi connectivity index (χ4v) is 3.05. The Morgan fingerprint density at radius 2 is 1.78 bits per heavy atom. The number of hydrogen-bond acceptors (Lipinski definition) is 3. The third-order valence-corrected chi connectivity index (χ3v) is 4.24. The number of halogens is 4. The van der Waals surface area contributed by atoms with E-state index in [1.807, 2.05) is 0 Å². The van der Waals surface area contributed by atoms with Crippen molar-refractivity contribution >= 4 is 17.4 Å². The summed E-state index contributed by atoms with van der Waals surface area (Å²) in [4.78, 5) is 25.3. The second kappa shape index (κ2) is 6.53. The van der Waals surface area contributed by atoms with Gasteiger partial charge in [0.1, 0.15) is 5.82 Å². The van der Waals surface area contributed by atoms with Crippen molar-refractivity contribution < 1.29 is 32.3 Å². The lowest BCUT2D eigenvalue weighted by atomic mass is 9.96. The summed E-state index contributed by atoms with van der Waals surface area (Å²) in [5.41, 5.74) is -1.72. The average molecular weight is 379 g/mol. The highest BCUT2D eigenvalue weighted by Crippen LogP contribution is 2.42. The topological polar surface area (TPSA) is 57.6 Å². The van der Waals surface area contributed by atoms with Crippen LogP contribution in [0.15, 0.2) is 59.9 Å². The molecular weight excluding hydrogens is 366 g/mol. The zero-order valence-electron chi connectivity index (χ0n) is 13.9. The van der Waals surface area contributed by atoms with Crippen LogP contribution in [0.5, 0.6) is 0 Å². The molecule has 0 aromatic heterocycles. The number of ketones is 1. The van der Waals surface area contributed by atoms with E-state index in [1.165, 1.54) is 24.3 Å². The fourth-order valence-electron chi connectivity index (χ4n) is 3.05. The number of anilines is 1. The van der Waals surface area contributed by atoms with Crippen molar-refractivity contribution in [3.05, 3.63) is 76.8 Å². The van der Waals surface area contributed by atoms with E-state index in [4.69, 9.17) is 0 Å². The average Bonchev–Trinajstić information content (AvgIpc) is 2.86. The number of hydrogen-bond donors (Lipinski definition) is 1. The molecule has 0 fully saturated rings. The van der Waals surface area contributed by atoms with Gasteiger partial charge in [-0.1, -0.05) is 24.3 Å². The lowest BCUT2D eigenvalue weighted by Gasteiger charge is -2.27. The van der Waals surface area contributed by atoms with E-state index in [0.717, 1.165) is 30.0 Å². The predicted octanol–water partition coefficient (Wildman–Crippen LogP) is 4.33. The summed E-state index contributed by atoms with van der Waals surface area (Å²) < 4.78 is 53.5. The van der Waals surface area contributed by atoms with Crippen LogP contribution in [0, 0.1) is 5.82 Å². The van der Waals surface area contributed by atoms with Crippen LogP contribution in [0.2, 0.25) is 0 Å². The first-order valence-corrected chi connectivity index (χ1v) is 7.82. The summed E-state index contributed by atoms with van der Waals surface area (Å²) >= 11 is 0. The molecule has 1 aliphatic rings. The Labute approximate surface area is 151 Å². The molecule has 0 aliphatic carbocycles.